The van der Waals surface area contributed by atoms with Crippen LogP contribution < -0.4 is 11.0 Å². The van der Waals surface area contributed by atoms with Gasteiger partial charge in [0.1, 0.15) is 12.4 Å². The zero-order valence-corrected chi connectivity index (χ0v) is 19.2. The van der Waals surface area contributed by atoms with Crippen molar-refractivity contribution >= 4 is 17.2 Å². The van der Waals surface area contributed by atoms with E-state index in [0.717, 1.165) is 27.1 Å². The van der Waals surface area contributed by atoms with E-state index in [4.69, 9.17) is 4.52 Å². The van der Waals surface area contributed by atoms with Crippen LogP contribution in [0.15, 0.2) is 64.0 Å². The minimum Gasteiger partial charge on any atom is -0.333 e. The fourth-order valence-corrected chi connectivity index (χ4v) is 4.05. The van der Waals surface area contributed by atoms with Gasteiger partial charge >= 0.3 is 5.69 Å². The van der Waals surface area contributed by atoms with Gasteiger partial charge in [-0.2, -0.15) is 4.98 Å². The van der Waals surface area contributed by atoms with Gasteiger partial charge in [-0.05, 0) is 68.3 Å². The summed E-state index contributed by atoms with van der Waals surface area (Å²) in [5, 5.41) is 11.2. The number of nitrogens with one attached hydrogen (secondary N) is 1. The van der Waals surface area contributed by atoms with Crippen molar-refractivity contribution in [2.45, 2.75) is 27.3 Å². The maximum absolute atomic E-state index is 13.2. The van der Waals surface area contributed by atoms with Gasteiger partial charge in [-0.25, -0.2) is 18.3 Å². The molecule has 0 atom stereocenters. The van der Waals surface area contributed by atoms with E-state index in [1.165, 1.54) is 16.5 Å². The molecule has 0 aliphatic rings. The number of hydrogen-bond donors (Lipinski definition) is 1. The summed E-state index contributed by atoms with van der Waals surface area (Å²) in [4.78, 5) is 30.0. The van der Waals surface area contributed by atoms with Crippen LogP contribution in [-0.4, -0.2) is 30.2 Å². The molecule has 0 aliphatic carbocycles. The van der Waals surface area contributed by atoms with Crippen molar-refractivity contribution in [2.24, 2.45) is 0 Å². The number of aromatic nitrogens is 5. The van der Waals surface area contributed by atoms with Gasteiger partial charge in [-0.1, -0.05) is 22.9 Å². The average molecular weight is 472 g/mol. The first-order chi connectivity index (χ1) is 16.8. The van der Waals surface area contributed by atoms with Gasteiger partial charge in [0.25, 0.3) is 5.89 Å². The molecule has 5 rings (SSSR count). The van der Waals surface area contributed by atoms with E-state index >= 15 is 0 Å². The number of nitrogens with zero attached hydrogens (tertiary/aromatic N) is 5. The standard InChI is InChI=1S/C25H21FN6O3/c1-14-11-15(2)21(16(3)12-14)27-20(33)13-32-25(34)31-10-4-5-19(23(31)29-32)24-28-22(30-35-24)17-6-8-18(26)9-7-17/h4-12H,13H2,1-3H3,(H,27,33). The van der Waals surface area contributed by atoms with Crippen LogP contribution in [0.3, 0.4) is 0 Å². The summed E-state index contributed by atoms with van der Waals surface area (Å²) >= 11 is 0. The monoisotopic (exact) mass is 472 g/mol. The molecule has 1 amide bonds. The molecule has 10 heteroatoms. The first-order valence-corrected chi connectivity index (χ1v) is 10.9. The molecule has 1 N–H and O–H groups in total. The number of aryl methyl sites for hydroxylation is 3. The smallest absolute Gasteiger partial charge is 0.333 e. The number of pyridine rings is 1. The summed E-state index contributed by atoms with van der Waals surface area (Å²) in [6, 6.07) is 13.0. The van der Waals surface area contributed by atoms with Crippen LogP contribution in [0.5, 0.6) is 0 Å². The van der Waals surface area contributed by atoms with Crippen LogP contribution in [0.25, 0.3) is 28.5 Å². The summed E-state index contributed by atoms with van der Waals surface area (Å²) in [5.74, 6) is -0.332. The molecule has 0 fully saturated rings. The largest absolute Gasteiger partial charge is 0.350 e. The Morgan fingerprint density at radius 3 is 2.51 bits per heavy atom. The van der Waals surface area contributed by atoms with E-state index in [2.05, 4.69) is 20.6 Å². The van der Waals surface area contributed by atoms with Crippen LogP contribution in [0.1, 0.15) is 16.7 Å². The second-order valence-electron chi connectivity index (χ2n) is 8.31. The lowest BCUT2D eigenvalue weighted by Crippen LogP contribution is -2.28. The lowest BCUT2D eigenvalue weighted by Gasteiger charge is -2.12. The molecule has 0 aliphatic heterocycles. The van der Waals surface area contributed by atoms with E-state index < -0.39 is 5.69 Å². The zero-order valence-electron chi connectivity index (χ0n) is 19.2. The van der Waals surface area contributed by atoms with Crippen LogP contribution in [0.4, 0.5) is 10.1 Å². The molecule has 0 unspecified atom stereocenters. The number of rotatable bonds is 5. The quantitative estimate of drug-likeness (QED) is 0.416. The van der Waals surface area contributed by atoms with Crippen molar-refractivity contribution in [3.05, 3.63) is 87.7 Å². The van der Waals surface area contributed by atoms with Gasteiger partial charge in [0.05, 0.1) is 5.56 Å². The van der Waals surface area contributed by atoms with Gasteiger partial charge < -0.3 is 9.84 Å². The highest BCUT2D eigenvalue weighted by molar-refractivity contribution is 5.92. The summed E-state index contributed by atoms with van der Waals surface area (Å²) in [7, 11) is 0. The molecular formula is C25H21FN6O3. The topological polar surface area (TPSA) is 107 Å². The lowest BCUT2D eigenvalue weighted by molar-refractivity contribution is -0.117. The number of anilines is 1. The van der Waals surface area contributed by atoms with Crippen molar-refractivity contribution in [3.8, 4) is 22.8 Å². The highest BCUT2D eigenvalue weighted by Crippen LogP contribution is 2.25. The summed E-state index contributed by atoms with van der Waals surface area (Å²) in [6.45, 7) is 5.57. The average Bonchev–Trinajstić information content (AvgIpc) is 3.42. The number of amides is 1. The molecular weight excluding hydrogens is 451 g/mol. The van der Waals surface area contributed by atoms with E-state index in [9.17, 15) is 14.0 Å². The second-order valence-corrected chi connectivity index (χ2v) is 8.31. The third kappa shape index (κ3) is 4.21. The van der Waals surface area contributed by atoms with Gasteiger partial charge in [0, 0.05) is 17.4 Å². The highest BCUT2D eigenvalue weighted by Gasteiger charge is 2.19. The molecule has 35 heavy (non-hydrogen) atoms. The number of fused-ring (bicyclic) bond motifs is 1. The van der Waals surface area contributed by atoms with Crippen LogP contribution >= 0.6 is 0 Å². The summed E-state index contributed by atoms with van der Waals surface area (Å²) in [6.07, 6.45) is 1.55. The zero-order chi connectivity index (χ0) is 24.7. The highest BCUT2D eigenvalue weighted by atomic mass is 19.1. The lowest BCUT2D eigenvalue weighted by atomic mass is 10.1. The van der Waals surface area contributed by atoms with Crippen molar-refractivity contribution in [1.82, 2.24) is 24.3 Å². The maximum Gasteiger partial charge on any atom is 0.350 e. The fourth-order valence-electron chi connectivity index (χ4n) is 4.05. The van der Waals surface area contributed by atoms with Gasteiger partial charge in [0.15, 0.2) is 5.65 Å². The number of hydrogen-bond acceptors (Lipinski definition) is 6. The Hall–Kier alpha value is -4.60. The number of carbonyl (C=O) groups excluding carboxylic acids is 1. The third-order valence-electron chi connectivity index (χ3n) is 5.60. The minimum absolute atomic E-state index is 0.141. The van der Waals surface area contributed by atoms with Crippen LogP contribution in [-0.2, 0) is 11.3 Å². The van der Waals surface area contributed by atoms with Crippen LogP contribution in [0, 0.1) is 26.6 Å². The van der Waals surface area contributed by atoms with E-state index in [1.54, 1.807) is 30.5 Å². The predicted molar refractivity (Wildman–Crippen MR) is 127 cm³/mol. The number of benzene rings is 2. The molecule has 0 saturated carbocycles. The molecule has 3 heterocycles. The minimum atomic E-state index is -0.479. The molecule has 0 bridgehead atoms. The van der Waals surface area contributed by atoms with Crippen molar-refractivity contribution in [3.63, 3.8) is 0 Å². The Morgan fingerprint density at radius 1 is 1.09 bits per heavy atom. The fraction of sp³-hybridized carbons (Fsp3) is 0.160. The Balaban J connectivity index is 1.45. The van der Waals surface area contributed by atoms with Crippen molar-refractivity contribution in [1.29, 1.82) is 0 Å². The van der Waals surface area contributed by atoms with Gasteiger partial charge in [-0.15, -0.1) is 5.10 Å². The SMILES string of the molecule is Cc1cc(C)c(NC(=O)Cn2nc3c(-c4nc(-c5ccc(F)cc5)no4)cccn3c2=O)c(C)c1. The first-order valence-electron chi connectivity index (χ1n) is 10.9. The van der Waals surface area contributed by atoms with E-state index in [1.807, 2.05) is 32.9 Å². The molecule has 0 radical (unpaired) electrons. The Kier molecular flexibility index (Phi) is 5.48. The Bertz CT molecular complexity index is 1610. The summed E-state index contributed by atoms with van der Waals surface area (Å²) < 4.78 is 21.0. The number of halogens is 1. The third-order valence-corrected chi connectivity index (χ3v) is 5.60. The molecule has 0 saturated heterocycles. The van der Waals surface area contributed by atoms with Crippen molar-refractivity contribution < 1.29 is 13.7 Å². The Morgan fingerprint density at radius 2 is 1.80 bits per heavy atom. The Labute approximate surface area is 198 Å². The van der Waals surface area contributed by atoms with Crippen molar-refractivity contribution in [2.75, 3.05) is 5.32 Å². The maximum atomic E-state index is 13.2. The predicted octanol–water partition coefficient (Wildman–Crippen LogP) is 3.92. The second kappa shape index (κ2) is 8.64. The summed E-state index contributed by atoms with van der Waals surface area (Å²) in [5.41, 5.74) is 4.49. The van der Waals surface area contributed by atoms with Gasteiger partial charge in [-0.3, -0.25) is 4.79 Å². The van der Waals surface area contributed by atoms with E-state index in [-0.39, 0.29) is 35.6 Å². The first kappa shape index (κ1) is 22.2. The molecule has 2 aromatic carbocycles. The van der Waals surface area contributed by atoms with E-state index in [0.29, 0.717) is 11.1 Å². The molecule has 5 aromatic rings. The molecule has 176 valence electrons. The molecule has 9 nitrogen and oxygen atoms in total. The number of carbonyl (C=O) groups is 1. The van der Waals surface area contributed by atoms with Gasteiger partial charge in [0.2, 0.25) is 11.7 Å². The molecule has 0 spiro atoms. The molecule has 3 aromatic heterocycles. The normalized spacial score (nSPS) is 11.2. The van der Waals surface area contributed by atoms with Crippen LogP contribution in [0.2, 0.25) is 0 Å².